The molecule has 3 nitrogen and oxygen atoms in total. The first-order valence-electron chi connectivity index (χ1n) is 5.14. The van der Waals surface area contributed by atoms with Crippen molar-refractivity contribution in [1.29, 1.82) is 0 Å². The van der Waals surface area contributed by atoms with Crippen LogP contribution in [0.1, 0.15) is 12.0 Å². The van der Waals surface area contributed by atoms with Crippen molar-refractivity contribution in [2.45, 2.75) is 6.42 Å². The van der Waals surface area contributed by atoms with Crippen molar-refractivity contribution in [3.8, 4) is 0 Å². The van der Waals surface area contributed by atoms with Crippen molar-refractivity contribution in [1.82, 2.24) is 0 Å². The summed E-state index contributed by atoms with van der Waals surface area (Å²) in [5.74, 6) is 0.700. The van der Waals surface area contributed by atoms with Gasteiger partial charge in [0.25, 0.3) is 0 Å². The first kappa shape index (κ1) is 14.6. The standard InChI is InChI=1S/C11H15BrN2OS2/c1-17(15)6-2-5-14-10-4-3-8(12)7-9(10)11(13)16/h3-4,7,14H,2,5-6H2,1H3,(H2,13,16). The maximum atomic E-state index is 10.9. The first-order valence-corrected chi connectivity index (χ1v) is 8.07. The fourth-order valence-corrected chi connectivity index (χ4v) is 2.45. The molecule has 17 heavy (non-hydrogen) atoms. The van der Waals surface area contributed by atoms with Crippen LogP contribution in [0.5, 0.6) is 0 Å². The maximum absolute atomic E-state index is 10.9. The zero-order chi connectivity index (χ0) is 12.8. The van der Waals surface area contributed by atoms with Crippen molar-refractivity contribution >= 4 is 49.6 Å². The van der Waals surface area contributed by atoms with Gasteiger partial charge in [-0.1, -0.05) is 28.1 Å². The molecule has 0 amide bonds. The van der Waals surface area contributed by atoms with Crippen molar-refractivity contribution in [2.24, 2.45) is 5.73 Å². The maximum Gasteiger partial charge on any atom is 0.106 e. The highest BCUT2D eigenvalue weighted by atomic mass is 79.9. The fraction of sp³-hybridized carbons (Fsp3) is 0.364. The second kappa shape index (κ2) is 7.08. The lowest BCUT2D eigenvalue weighted by Crippen LogP contribution is -2.14. The molecule has 0 bridgehead atoms. The lowest BCUT2D eigenvalue weighted by atomic mass is 10.2. The van der Waals surface area contributed by atoms with Crippen molar-refractivity contribution < 1.29 is 4.21 Å². The van der Waals surface area contributed by atoms with E-state index in [2.05, 4.69) is 21.2 Å². The number of nitrogens with two attached hydrogens (primary N) is 1. The summed E-state index contributed by atoms with van der Waals surface area (Å²) in [5, 5.41) is 3.25. The number of hydrogen-bond acceptors (Lipinski definition) is 3. The molecule has 94 valence electrons. The molecule has 1 aromatic rings. The Morgan fingerprint density at radius 3 is 2.88 bits per heavy atom. The minimum Gasteiger partial charge on any atom is -0.389 e. The largest absolute Gasteiger partial charge is 0.389 e. The summed E-state index contributed by atoms with van der Waals surface area (Å²) < 4.78 is 11.9. The van der Waals surface area contributed by atoms with Gasteiger partial charge in [-0.2, -0.15) is 0 Å². The van der Waals surface area contributed by atoms with Crippen LogP contribution in [0.2, 0.25) is 0 Å². The minimum absolute atomic E-state index is 0.368. The molecule has 0 aliphatic carbocycles. The van der Waals surface area contributed by atoms with E-state index in [4.69, 9.17) is 18.0 Å². The third-order valence-corrected chi connectivity index (χ3v) is 3.75. The van der Waals surface area contributed by atoms with Crippen LogP contribution >= 0.6 is 28.1 Å². The smallest absolute Gasteiger partial charge is 0.106 e. The Labute approximate surface area is 118 Å². The Kier molecular flexibility index (Phi) is 6.08. The molecule has 1 atom stereocenters. The molecular weight excluding hydrogens is 320 g/mol. The van der Waals surface area contributed by atoms with Gasteiger partial charge in [0, 0.05) is 45.1 Å². The zero-order valence-electron chi connectivity index (χ0n) is 9.53. The Morgan fingerprint density at radius 2 is 2.29 bits per heavy atom. The van der Waals surface area contributed by atoms with E-state index in [1.165, 1.54) is 0 Å². The third-order valence-electron chi connectivity index (χ3n) is 2.17. The number of rotatable bonds is 6. The third kappa shape index (κ3) is 5.14. The molecule has 1 unspecified atom stereocenters. The average molecular weight is 335 g/mol. The van der Waals surface area contributed by atoms with Crippen LogP contribution in [0.15, 0.2) is 22.7 Å². The highest BCUT2D eigenvalue weighted by molar-refractivity contribution is 9.10. The van der Waals surface area contributed by atoms with Crippen molar-refractivity contribution in [3.63, 3.8) is 0 Å². The Morgan fingerprint density at radius 1 is 1.59 bits per heavy atom. The highest BCUT2D eigenvalue weighted by Crippen LogP contribution is 2.21. The Balaban J connectivity index is 2.64. The van der Waals surface area contributed by atoms with E-state index in [1.807, 2.05) is 18.2 Å². The summed E-state index contributed by atoms with van der Waals surface area (Å²) in [6, 6.07) is 5.76. The van der Waals surface area contributed by atoms with Crippen LogP contribution < -0.4 is 11.1 Å². The molecule has 0 saturated carbocycles. The normalized spacial score (nSPS) is 12.1. The van der Waals surface area contributed by atoms with Crippen LogP contribution in [0, 0.1) is 0 Å². The van der Waals surface area contributed by atoms with Crippen LogP contribution in [-0.4, -0.2) is 27.8 Å². The van der Waals surface area contributed by atoms with Gasteiger partial charge in [-0.3, -0.25) is 4.21 Å². The highest BCUT2D eigenvalue weighted by Gasteiger charge is 2.05. The summed E-state index contributed by atoms with van der Waals surface area (Å²) in [5.41, 5.74) is 7.40. The van der Waals surface area contributed by atoms with Crippen LogP contribution in [-0.2, 0) is 10.8 Å². The number of hydrogen-bond donors (Lipinski definition) is 2. The molecule has 1 aromatic carbocycles. The zero-order valence-corrected chi connectivity index (χ0v) is 12.8. The van der Waals surface area contributed by atoms with E-state index < -0.39 is 10.8 Å². The summed E-state index contributed by atoms with van der Waals surface area (Å²) in [6.45, 7) is 0.761. The molecule has 0 saturated heterocycles. The molecule has 0 radical (unpaired) electrons. The molecular formula is C11H15BrN2OS2. The lowest BCUT2D eigenvalue weighted by molar-refractivity contribution is 0.685. The molecule has 0 aliphatic rings. The van der Waals surface area contributed by atoms with Crippen LogP contribution in [0.25, 0.3) is 0 Å². The van der Waals surface area contributed by atoms with Gasteiger partial charge in [0.15, 0.2) is 0 Å². The van der Waals surface area contributed by atoms with Gasteiger partial charge in [0.2, 0.25) is 0 Å². The summed E-state index contributed by atoms with van der Waals surface area (Å²) >= 11 is 8.38. The second-order valence-corrected chi connectivity index (χ2v) is 6.52. The van der Waals surface area contributed by atoms with Crippen molar-refractivity contribution in [3.05, 3.63) is 28.2 Å². The second-order valence-electron chi connectivity index (χ2n) is 3.61. The van der Waals surface area contributed by atoms with Crippen LogP contribution in [0.4, 0.5) is 5.69 Å². The monoisotopic (exact) mass is 334 g/mol. The summed E-state index contributed by atoms with van der Waals surface area (Å²) in [4.78, 5) is 0.368. The molecule has 3 N–H and O–H groups in total. The topological polar surface area (TPSA) is 55.1 Å². The molecule has 1 rings (SSSR count). The number of nitrogens with one attached hydrogen (secondary N) is 1. The number of halogens is 1. The fourth-order valence-electron chi connectivity index (χ4n) is 1.37. The minimum atomic E-state index is -0.739. The number of anilines is 1. The van der Waals surface area contributed by atoms with Gasteiger partial charge in [-0.05, 0) is 24.6 Å². The van der Waals surface area contributed by atoms with Crippen LogP contribution in [0.3, 0.4) is 0 Å². The van der Waals surface area contributed by atoms with E-state index >= 15 is 0 Å². The number of benzene rings is 1. The van der Waals surface area contributed by atoms with E-state index in [1.54, 1.807) is 6.26 Å². The number of thiocarbonyl (C=S) groups is 1. The Hall–Kier alpha value is -0.460. The predicted octanol–water partition coefficient (Wildman–Crippen LogP) is 2.26. The Bertz CT molecular complexity index is 437. The lowest BCUT2D eigenvalue weighted by Gasteiger charge is -2.11. The van der Waals surface area contributed by atoms with E-state index in [9.17, 15) is 4.21 Å². The summed E-state index contributed by atoms with van der Waals surface area (Å²) in [7, 11) is -0.739. The molecule has 6 heteroatoms. The van der Waals surface area contributed by atoms with Gasteiger partial charge in [-0.15, -0.1) is 0 Å². The first-order chi connectivity index (χ1) is 8.00. The van der Waals surface area contributed by atoms with Gasteiger partial charge in [0.05, 0.1) is 0 Å². The van der Waals surface area contributed by atoms with Gasteiger partial charge >= 0.3 is 0 Å². The van der Waals surface area contributed by atoms with Gasteiger partial charge < -0.3 is 11.1 Å². The van der Waals surface area contributed by atoms with E-state index in [-0.39, 0.29) is 0 Å². The quantitative estimate of drug-likeness (QED) is 0.619. The van der Waals surface area contributed by atoms with Crippen molar-refractivity contribution in [2.75, 3.05) is 23.9 Å². The molecule has 0 fully saturated rings. The summed E-state index contributed by atoms with van der Waals surface area (Å²) in [6.07, 6.45) is 2.57. The van der Waals surface area contributed by atoms with Gasteiger partial charge in [-0.25, -0.2) is 0 Å². The van der Waals surface area contributed by atoms with E-state index in [0.29, 0.717) is 10.7 Å². The van der Waals surface area contributed by atoms with E-state index in [0.717, 1.165) is 28.7 Å². The SMILES string of the molecule is CS(=O)CCCNc1ccc(Br)cc1C(N)=S. The molecule has 0 aliphatic heterocycles. The molecule has 0 heterocycles. The predicted molar refractivity (Wildman–Crippen MR) is 82.1 cm³/mol. The molecule has 0 aromatic heterocycles. The molecule has 0 spiro atoms. The van der Waals surface area contributed by atoms with Gasteiger partial charge in [0.1, 0.15) is 4.99 Å². The average Bonchev–Trinajstić information content (AvgIpc) is 2.25.